The fourth-order valence-electron chi connectivity index (χ4n) is 2.25. The van der Waals surface area contributed by atoms with Gasteiger partial charge < -0.3 is 10.6 Å². The Morgan fingerprint density at radius 2 is 2.11 bits per heavy atom. The summed E-state index contributed by atoms with van der Waals surface area (Å²) in [6, 6.07) is 5.84. The van der Waals surface area contributed by atoms with E-state index in [1.165, 1.54) is 12.1 Å². The Labute approximate surface area is 113 Å². The Morgan fingerprint density at radius 1 is 1.44 bits per heavy atom. The molecule has 1 aliphatic rings. The molecule has 18 heavy (non-hydrogen) atoms. The van der Waals surface area contributed by atoms with E-state index < -0.39 is 5.54 Å². The summed E-state index contributed by atoms with van der Waals surface area (Å²) < 4.78 is 12.7. The Morgan fingerprint density at radius 3 is 2.61 bits per heavy atom. The topological polar surface area (TPSA) is 41.1 Å². The predicted octanol–water partition coefficient (Wildman–Crippen LogP) is 2.72. The van der Waals surface area contributed by atoms with E-state index in [2.05, 4.69) is 10.6 Å². The predicted molar refractivity (Wildman–Crippen MR) is 72.5 cm³/mol. The van der Waals surface area contributed by atoms with Crippen LogP contribution >= 0.6 is 12.4 Å². The van der Waals surface area contributed by atoms with Gasteiger partial charge in [-0.05, 0) is 50.1 Å². The van der Waals surface area contributed by atoms with Gasteiger partial charge in [0.25, 0.3) is 0 Å². The number of hydrogen-bond donors (Lipinski definition) is 2. The smallest absolute Gasteiger partial charge is 0.244 e. The summed E-state index contributed by atoms with van der Waals surface area (Å²) in [5.74, 6) is -0.323. The average Bonchev–Trinajstić information content (AvgIpc) is 2.82. The quantitative estimate of drug-likeness (QED) is 0.888. The van der Waals surface area contributed by atoms with Crippen LogP contribution in [0.5, 0.6) is 0 Å². The molecule has 1 unspecified atom stereocenters. The van der Waals surface area contributed by atoms with Crippen LogP contribution in [0.1, 0.15) is 26.2 Å². The lowest BCUT2D eigenvalue weighted by Crippen LogP contribution is -2.50. The number of nitrogens with one attached hydrogen (secondary N) is 2. The number of carbonyl (C=O) groups is 1. The van der Waals surface area contributed by atoms with Gasteiger partial charge in [-0.15, -0.1) is 12.4 Å². The highest BCUT2D eigenvalue weighted by molar-refractivity contribution is 5.98. The van der Waals surface area contributed by atoms with Crippen molar-refractivity contribution >= 4 is 24.0 Å². The van der Waals surface area contributed by atoms with Gasteiger partial charge in [-0.2, -0.15) is 0 Å². The summed E-state index contributed by atoms with van der Waals surface area (Å²) in [5, 5.41) is 6.10. The second-order valence-electron chi connectivity index (χ2n) is 4.43. The molecule has 2 rings (SSSR count). The maximum atomic E-state index is 12.7. The lowest BCUT2D eigenvalue weighted by atomic mass is 9.93. The zero-order valence-electron chi connectivity index (χ0n) is 10.3. The molecule has 0 radical (unpaired) electrons. The zero-order chi connectivity index (χ0) is 12.3. The molecule has 0 bridgehead atoms. The molecule has 1 aromatic rings. The highest BCUT2D eigenvalue weighted by Gasteiger charge is 2.38. The van der Waals surface area contributed by atoms with Crippen molar-refractivity contribution in [1.82, 2.24) is 5.32 Å². The number of hydrogen-bond acceptors (Lipinski definition) is 2. The number of anilines is 1. The van der Waals surface area contributed by atoms with Crippen LogP contribution < -0.4 is 10.6 Å². The molecule has 1 fully saturated rings. The fourth-order valence-corrected chi connectivity index (χ4v) is 2.25. The molecular formula is C13H18ClFN2O. The second kappa shape index (κ2) is 6.16. The highest BCUT2D eigenvalue weighted by Crippen LogP contribution is 2.24. The summed E-state index contributed by atoms with van der Waals surface area (Å²) in [5.41, 5.74) is 0.187. The van der Waals surface area contributed by atoms with Crippen molar-refractivity contribution in [2.75, 3.05) is 11.9 Å². The molecule has 0 spiro atoms. The Balaban J connectivity index is 0.00000162. The van der Waals surface area contributed by atoms with Crippen LogP contribution in [0.4, 0.5) is 10.1 Å². The van der Waals surface area contributed by atoms with E-state index in [9.17, 15) is 9.18 Å². The van der Waals surface area contributed by atoms with Gasteiger partial charge in [-0.25, -0.2) is 4.39 Å². The van der Waals surface area contributed by atoms with Crippen molar-refractivity contribution in [3.8, 4) is 0 Å². The molecule has 1 saturated heterocycles. The molecule has 0 aromatic heterocycles. The van der Waals surface area contributed by atoms with E-state index in [1.807, 2.05) is 6.92 Å². The Bertz CT molecular complexity index is 402. The molecule has 1 atom stereocenters. The van der Waals surface area contributed by atoms with E-state index in [0.29, 0.717) is 5.69 Å². The lowest BCUT2D eigenvalue weighted by molar-refractivity contribution is -0.122. The second-order valence-corrected chi connectivity index (χ2v) is 4.43. The molecule has 5 heteroatoms. The summed E-state index contributed by atoms with van der Waals surface area (Å²) in [6.07, 6.45) is 2.64. The number of amides is 1. The van der Waals surface area contributed by atoms with Crippen molar-refractivity contribution in [2.24, 2.45) is 0 Å². The molecule has 3 nitrogen and oxygen atoms in total. The molecule has 2 N–H and O–H groups in total. The Hall–Kier alpha value is -1.13. The van der Waals surface area contributed by atoms with Crippen molar-refractivity contribution in [2.45, 2.75) is 31.7 Å². The van der Waals surface area contributed by atoms with Crippen molar-refractivity contribution in [3.05, 3.63) is 30.1 Å². The summed E-state index contributed by atoms with van der Waals surface area (Å²) in [6.45, 7) is 2.88. The van der Waals surface area contributed by atoms with Gasteiger partial charge in [-0.1, -0.05) is 6.92 Å². The number of halogens is 2. The van der Waals surface area contributed by atoms with Crippen LogP contribution in [-0.2, 0) is 4.79 Å². The zero-order valence-corrected chi connectivity index (χ0v) is 11.1. The SMILES string of the molecule is CCC1(C(=O)Nc2ccc(F)cc2)CCCN1.Cl. The van der Waals surface area contributed by atoms with Gasteiger partial charge in [0.05, 0.1) is 5.54 Å². The third-order valence-corrected chi connectivity index (χ3v) is 3.38. The van der Waals surface area contributed by atoms with Crippen LogP contribution in [0.3, 0.4) is 0 Å². The van der Waals surface area contributed by atoms with Gasteiger partial charge in [0, 0.05) is 5.69 Å². The number of carbonyl (C=O) groups excluding carboxylic acids is 1. The van der Waals surface area contributed by atoms with Gasteiger partial charge in [0.2, 0.25) is 5.91 Å². The summed E-state index contributed by atoms with van der Waals surface area (Å²) >= 11 is 0. The van der Waals surface area contributed by atoms with Crippen molar-refractivity contribution < 1.29 is 9.18 Å². The van der Waals surface area contributed by atoms with E-state index in [0.717, 1.165) is 25.8 Å². The largest absolute Gasteiger partial charge is 0.324 e. The minimum absolute atomic E-state index is 0. The minimum Gasteiger partial charge on any atom is -0.324 e. The molecule has 1 aliphatic heterocycles. The highest BCUT2D eigenvalue weighted by atomic mass is 35.5. The standard InChI is InChI=1S/C13H17FN2O.ClH/c1-2-13(8-3-9-15-13)12(17)16-11-6-4-10(14)5-7-11;/h4-7,15H,2-3,8-9H2,1H3,(H,16,17);1H. The fraction of sp³-hybridized carbons (Fsp3) is 0.462. The molecule has 1 amide bonds. The summed E-state index contributed by atoms with van der Waals surface area (Å²) in [4.78, 5) is 12.2. The normalized spacial score (nSPS) is 22.3. The molecule has 0 aliphatic carbocycles. The molecule has 1 heterocycles. The van der Waals surface area contributed by atoms with E-state index in [4.69, 9.17) is 0 Å². The van der Waals surface area contributed by atoms with Crippen molar-refractivity contribution in [1.29, 1.82) is 0 Å². The first-order chi connectivity index (χ1) is 8.16. The summed E-state index contributed by atoms with van der Waals surface area (Å²) in [7, 11) is 0. The van der Waals surface area contributed by atoms with Gasteiger partial charge in [0.1, 0.15) is 5.82 Å². The van der Waals surface area contributed by atoms with E-state index in [1.54, 1.807) is 12.1 Å². The van der Waals surface area contributed by atoms with Crippen LogP contribution in [0.25, 0.3) is 0 Å². The van der Waals surface area contributed by atoms with Crippen molar-refractivity contribution in [3.63, 3.8) is 0 Å². The van der Waals surface area contributed by atoms with E-state index >= 15 is 0 Å². The van der Waals surface area contributed by atoms with Crippen LogP contribution in [0, 0.1) is 5.82 Å². The van der Waals surface area contributed by atoms with Crippen LogP contribution in [0.2, 0.25) is 0 Å². The lowest BCUT2D eigenvalue weighted by Gasteiger charge is -2.26. The number of rotatable bonds is 3. The third-order valence-electron chi connectivity index (χ3n) is 3.38. The third kappa shape index (κ3) is 3.00. The van der Waals surface area contributed by atoms with Gasteiger partial charge >= 0.3 is 0 Å². The Kier molecular flexibility index (Phi) is 5.11. The first-order valence-corrected chi connectivity index (χ1v) is 5.98. The average molecular weight is 273 g/mol. The molecule has 100 valence electrons. The molecule has 0 saturated carbocycles. The molecular weight excluding hydrogens is 255 g/mol. The maximum Gasteiger partial charge on any atom is 0.244 e. The first kappa shape index (κ1) is 14.9. The maximum absolute atomic E-state index is 12.7. The molecule has 1 aromatic carbocycles. The first-order valence-electron chi connectivity index (χ1n) is 5.98. The van der Waals surface area contributed by atoms with Gasteiger partial charge in [0.15, 0.2) is 0 Å². The van der Waals surface area contributed by atoms with Crippen LogP contribution in [0.15, 0.2) is 24.3 Å². The van der Waals surface area contributed by atoms with E-state index in [-0.39, 0.29) is 24.1 Å². The minimum atomic E-state index is -0.450. The van der Waals surface area contributed by atoms with Crippen LogP contribution in [-0.4, -0.2) is 18.0 Å². The monoisotopic (exact) mass is 272 g/mol. The number of benzene rings is 1. The van der Waals surface area contributed by atoms with Gasteiger partial charge in [-0.3, -0.25) is 4.79 Å².